The predicted molar refractivity (Wildman–Crippen MR) is 97.8 cm³/mol. The summed E-state index contributed by atoms with van der Waals surface area (Å²) in [5.41, 5.74) is -1.15. The zero-order valence-corrected chi connectivity index (χ0v) is 15.2. The van der Waals surface area contributed by atoms with E-state index in [0.29, 0.717) is 10.6 Å². The molecular weight excluding hydrogens is 319 g/mol. The lowest BCUT2D eigenvalue weighted by Gasteiger charge is -2.41. The van der Waals surface area contributed by atoms with Gasteiger partial charge in [-0.1, -0.05) is 60.7 Å². The Labute approximate surface area is 143 Å². The number of hydrogen-bond donors (Lipinski definition) is 0. The summed E-state index contributed by atoms with van der Waals surface area (Å²) in [7, 11) is -3.14. The summed E-state index contributed by atoms with van der Waals surface area (Å²) in [6, 6.07) is 18.7. The summed E-state index contributed by atoms with van der Waals surface area (Å²) in [6.07, 6.45) is -0.112. The number of Topliss-reactive ketones (excluding diaryl/α,β-unsaturated/α-hetero) is 1. The van der Waals surface area contributed by atoms with Crippen molar-refractivity contribution in [1.82, 2.24) is 0 Å². The van der Waals surface area contributed by atoms with Crippen LogP contribution in [0.5, 0.6) is 0 Å². The molecule has 1 aliphatic rings. The fourth-order valence-electron chi connectivity index (χ4n) is 3.66. The van der Waals surface area contributed by atoms with Crippen LogP contribution in [0.3, 0.4) is 0 Å². The third-order valence-electron chi connectivity index (χ3n) is 4.55. The number of carbonyl (C=O) groups excluding carboxylic acids is 1. The maximum absolute atomic E-state index is 14.3. The van der Waals surface area contributed by atoms with Crippen LogP contribution in [-0.4, -0.2) is 23.1 Å². The lowest BCUT2D eigenvalue weighted by atomic mass is 9.94. The van der Waals surface area contributed by atoms with Gasteiger partial charge in [0.2, 0.25) is 0 Å². The second-order valence-electron chi connectivity index (χ2n) is 7.00. The van der Waals surface area contributed by atoms with Crippen molar-refractivity contribution in [3.05, 3.63) is 60.7 Å². The average Bonchev–Trinajstić information content (AvgIpc) is 2.54. The Kier molecular flexibility index (Phi) is 4.50. The van der Waals surface area contributed by atoms with Crippen molar-refractivity contribution >= 4 is 23.5 Å². The molecule has 1 saturated heterocycles. The van der Waals surface area contributed by atoms with Crippen LogP contribution in [0, 0.1) is 0 Å². The Morgan fingerprint density at radius 2 is 1.42 bits per heavy atom. The number of benzene rings is 2. The van der Waals surface area contributed by atoms with Crippen LogP contribution in [0.1, 0.15) is 27.2 Å². The van der Waals surface area contributed by atoms with Gasteiger partial charge in [0, 0.05) is 17.0 Å². The fourth-order valence-corrected chi connectivity index (χ4v) is 6.98. The van der Waals surface area contributed by atoms with Crippen molar-refractivity contribution < 1.29 is 14.1 Å². The monoisotopic (exact) mass is 342 g/mol. The van der Waals surface area contributed by atoms with Crippen LogP contribution in [0.4, 0.5) is 0 Å². The summed E-state index contributed by atoms with van der Waals surface area (Å²) in [4.78, 5) is 13.0. The summed E-state index contributed by atoms with van der Waals surface area (Å²) >= 11 is 0. The van der Waals surface area contributed by atoms with Gasteiger partial charge in [-0.3, -0.25) is 4.79 Å². The number of rotatable bonds is 3. The molecular formula is C20H23O3P. The zero-order valence-electron chi connectivity index (χ0n) is 14.3. The van der Waals surface area contributed by atoms with Crippen LogP contribution in [0.15, 0.2) is 60.7 Å². The smallest absolute Gasteiger partial charge is 0.155 e. The molecule has 2 aromatic rings. The number of hydrogen-bond acceptors (Lipinski definition) is 3. The maximum atomic E-state index is 14.3. The molecule has 1 fully saturated rings. The Bertz CT molecular complexity index is 724. The third kappa shape index (κ3) is 2.99. The van der Waals surface area contributed by atoms with Crippen molar-refractivity contribution in [2.24, 2.45) is 0 Å². The lowest BCUT2D eigenvalue weighted by molar-refractivity contribution is -0.144. The molecule has 0 aliphatic carbocycles. The van der Waals surface area contributed by atoms with Crippen LogP contribution in [0.25, 0.3) is 0 Å². The van der Waals surface area contributed by atoms with Gasteiger partial charge in [0.25, 0.3) is 0 Å². The quantitative estimate of drug-likeness (QED) is 0.802. The molecule has 0 amide bonds. The molecule has 0 aromatic heterocycles. The molecule has 0 spiro atoms. The van der Waals surface area contributed by atoms with Crippen molar-refractivity contribution in [1.29, 1.82) is 0 Å². The van der Waals surface area contributed by atoms with E-state index >= 15 is 0 Å². The molecule has 2 unspecified atom stereocenters. The zero-order chi connectivity index (χ0) is 17.4. The van der Waals surface area contributed by atoms with E-state index in [1.54, 1.807) is 0 Å². The first kappa shape index (κ1) is 17.1. The van der Waals surface area contributed by atoms with Gasteiger partial charge < -0.3 is 9.30 Å². The molecule has 126 valence electrons. The molecule has 3 nitrogen and oxygen atoms in total. The Morgan fingerprint density at radius 3 is 1.83 bits per heavy atom. The minimum absolute atomic E-state index is 0.0230. The first-order valence-electron chi connectivity index (χ1n) is 8.26. The number of ether oxygens (including phenoxy) is 1. The van der Waals surface area contributed by atoms with Crippen molar-refractivity contribution in [2.75, 3.05) is 0 Å². The summed E-state index contributed by atoms with van der Waals surface area (Å²) in [5.74, 6) is 0.0230. The molecule has 24 heavy (non-hydrogen) atoms. The molecule has 3 rings (SSSR count). The molecule has 0 bridgehead atoms. The molecule has 0 N–H and O–H groups in total. The second-order valence-corrected chi connectivity index (χ2v) is 9.90. The van der Waals surface area contributed by atoms with E-state index in [4.69, 9.17) is 4.74 Å². The van der Waals surface area contributed by atoms with E-state index in [-0.39, 0.29) is 12.2 Å². The predicted octanol–water partition coefficient (Wildman–Crippen LogP) is 3.53. The van der Waals surface area contributed by atoms with Gasteiger partial charge in [0.15, 0.2) is 7.14 Å². The largest absolute Gasteiger partial charge is 0.371 e. The van der Waals surface area contributed by atoms with Crippen molar-refractivity contribution in [3.8, 4) is 0 Å². The van der Waals surface area contributed by atoms with E-state index < -0.39 is 24.5 Å². The minimum Gasteiger partial charge on any atom is -0.371 e. The normalized spacial score (nSPS) is 23.9. The molecule has 2 atom stereocenters. The van der Waals surface area contributed by atoms with E-state index in [1.807, 2.05) is 81.4 Å². The number of carbonyl (C=O) groups is 1. The molecule has 0 saturated carbocycles. The van der Waals surface area contributed by atoms with Crippen LogP contribution >= 0.6 is 7.14 Å². The molecule has 1 aliphatic heterocycles. The highest BCUT2D eigenvalue weighted by Crippen LogP contribution is 2.53. The van der Waals surface area contributed by atoms with Gasteiger partial charge in [-0.15, -0.1) is 0 Å². The van der Waals surface area contributed by atoms with Crippen LogP contribution < -0.4 is 10.6 Å². The van der Waals surface area contributed by atoms with Gasteiger partial charge in [-0.25, -0.2) is 0 Å². The van der Waals surface area contributed by atoms with Gasteiger partial charge in [-0.2, -0.15) is 0 Å². The average molecular weight is 342 g/mol. The van der Waals surface area contributed by atoms with Gasteiger partial charge in [0.05, 0.1) is 11.7 Å². The van der Waals surface area contributed by atoms with E-state index in [1.165, 1.54) is 0 Å². The highest BCUT2D eigenvalue weighted by atomic mass is 31.2. The topological polar surface area (TPSA) is 43.4 Å². The molecule has 4 heteroatoms. The van der Waals surface area contributed by atoms with Gasteiger partial charge in [0.1, 0.15) is 11.4 Å². The van der Waals surface area contributed by atoms with Gasteiger partial charge >= 0.3 is 0 Å². The lowest BCUT2D eigenvalue weighted by Crippen LogP contribution is -2.50. The Hall–Kier alpha value is -1.70. The van der Waals surface area contributed by atoms with Crippen LogP contribution in [-0.2, 0) is 14.1 Å². The van der Waals surface area contributed by atoms with E-state index in [0.717, 1.165) is 0 Å². The van der Waals surface area contributed by atoms with Gasteiger partial charge in [-0.05, 0) is 20.8 Å². The minimum atomic E-state index is -3.14. The van der Waals surface area contributed by atoms with Crippen molar-refractivity contribution in [2.45, 2.75) is 44.6 Å². The SMILES string of the molecule is CC1OC(C)(C)CC(=O)C1P(=O)(c1ccccc1)c1ccccc1. The second kappa shape index (κ2) is 6.31. The highest BCUT2D eigenvalue weighted by molar-refractivity contribution is 7.80. The third-order valence-corrected chi connectivity index (χ3v) is 8.17. The van der Waals surface area contributed by atoms with Crippen LogP contribution in [0.2, 0.25) is 0 Å². The fraction of sp³-hybridized carbons (Fsp3) is 0.350. The Morgan fingerprint density at radius 1 is 0.958 bits per heavy atom. The molecule has 1 heterocycles. The van der Waals surface area contributed by atoms with E-state index in [9.17, 15) is 9.36 Å². The standard InChI is InChI=1S/C20H23O3P/c1-15-19(18(21)14-20(2,3)23-15)24(22,16-10-6-4-7-11-16)17-12-8-5-9-13-17/h4-13,15,19H,14H2,1-3H3. The number of ketones is 1. The maximum Gasteiger partial charge on any atom is 0.155 e. The molecule has 2 aromatic carbocycles. The molecule has 0 radical (unpaired) electrons. The van der Waals surface area contributed by atoms with Crippen molar-refractivity contribution in [3.63, 3.8) is 0 Å². The first-order valence-corrected chi connectivity index (χ1v) is 10.0. The summed E-state index contributed by atoms with van der Waals surface area (Å²) in [5, 5.41) is 1.43. The first-order chi connectivity index (χ1) is 11.3. The summed E-state index contributed by atoms with van der Waals surface area (Å²) in [6.45, 7) is 5.68. The van der Waals surface area contributed by atoms with E-state index in [2.05, 4.69) is 0 Å². The summed E-state index contributed by atoms with van der Waals surface area (Å²) < 4.78 is 20.4. The highest BCUT2D eigenvalue weighted by Gasteiger charge is 2.50. The Balaban J connectivity index is 2.17.